The second-order valence-electron chi connectivity index (χ2n) is 7.50. The molecule has 0 fully saturated rings. The number of benzene rings is 1. The Bertz CT molecular complexity index is 446. The molecule has 0 heterocycles. The van der Waals surface area contributed by atoms with E-state index in [1.165, 1.54) is 63.4 Å². The number of unbranched alkanes of at least 4 members (excludes halogenated alkanes) is 9. The lowest BCUT2D eigenvalue weighted by Crippen LogP contribution is -2.26. The summed E-state index contributed by atoms with van der Waals surface area (Å²) >= 11 is 0. The fraction of sp³-hybridized carbons (Fsp3) is 0.680. The summed E-state index contributed by atoms with van der Waals surface area (Å²) < 4.78 is 17.4. The van der Waals surface area contributed by atoms with Crippen molar-refractivity contribution in [1.82, 2.24) is 0 Å². The predicted molar refractivity (Wildman–Crippen MR) is 119 cm³/mol. The van der Waals surface area contributed by atoms with E-state index in [2.05, 4.69) is 25.6 Å². The third-order valence-corrected chi connectivity index (χ3v) is 4.81. The molecule has 0 bridgehead atoms. The average Bonchev–Trinajstić information content (AvgIpc) is 2.73. The van der Waals surface area contributed by atoms with Crippen LogP contribution in [0.25, 0.3) is 0 Å². The summed E-state index contributed by atoms with van der Waals surface area (Å²) in [5.74, 6) is 0. The van der Waals surface area contributed by atoms with Crippen molar-refractivity contribution in [2.75, 3.05) is 26.4 Å². The second kappa shape index (κ2) is 19.2. The highest BCUT2D eigenvalue weighted by Crippen LogP contribution is 2.11. The van der Waals surface area contributed by atoms with Crippen LogP contribution in [0, 0.1) is 0 Å². The summed E-state index contributed by atoms with van der Waals surface area (Å²) in [5, 5.41) is 0. The molecule has 0 aliphatic heterocycles. The Morgan fingerprint density at radius 3 is 2.07 bits per heavy atom. The SMILES string of the molecule is C=CCOC[C@H](COCCCCCCCCCCCC)OCc1ccccc1. The lowest BCUT2D eigenvalue weighted by Gasteiger charge is -2.18. The molecular formula is C25H42O3. The van der Waals surface area contributed by atoms with Crippen molar-refractivity contribution < 1.29 is 14.2 Å². The topological polar surface area (TPSA) is 27.7 Å². The molecule has 0 aliphatic rings. The van der Waals surface area contributed by atoms with E-state index in [1.54, 1.807) is 6.08 Å². The Morgan fingerprint density at radius 2 is 1.43 bits per heavy atom. The van der Waals surface area contributed by atoms with E-state index >= 15 is 0 Å². The molecule has 0 saturated heterocycles. The zero-order valence-electron chi connectivity index (χ0n) is 18.1. The van der Waals surface area contributed by atoms with Crippen molar-refractivity contribution in [3.63, 3.8) is 0 Å². The Balaban J connectivity index is 2.04. The van der Waals surface area contributed by atoms with Crippen LogP contribution in [-0.2, 0) is 20.8 Å². The summed E-state index contributed by atoms with van der Waals surface area (Å²) in [6.45, 7) is 9.03. The van der Waals surface area contributed by atoms with Crippen molar-refractivity contribution in [3.8, 4) is 0 Å². The van der Waals surface area contributed by atoms with E-state index in [-0.39, 0.29) is 6.10 Å². The number of hydrogen-bond acceptors (Lipinski definition) is 3. The van der Waals surface area contributed by atoms with Crippen LogP contribution in [-0.4, -0.2) is 32.5 Å². The van der Waals surface area contributed by atoms with Gasteiger partial charge < -0.3 is 14.2 Å². The molecule has 0 saturated carbocycles. The fourth-order valence-electron chi connectivity index (χ4n) is 3.12. The lowest BCUT2D eigenvalue weighted by atomic mass is 10.1. The second-order valence-corrected chi connectivity index (χ2v) is 7.50. The third-order valence-electron chi connectivity index (χ3n) is 4.81. The molecule has 3 heteroatoms. The maximum Gasteiger partial charge on any atom is 0.105 e. The largest absolute Gasteiger partial charge is 0.379 e. The minimum Gasteiger partial charge on any atom is -0.379 e. The molecular weight excluding hydrogens is 348 g/mol. The first-order chi connectivity index (χ1) is 13.9. The molecule has 0 radical (unpaired) electrons. The van der Waals surface area contributed by atoms with Gasteiger partial charge in [-0.15, -0.1) is 6.58 Å². The molecule has 28 heavy (non-hydrogen) atoms. The van der Waals surface area contributed by atoms with Crippen molar-refractivity contribution in [3.05, 3.63) is 48.6 Å². The minimum absolute atomic E-state index is 0.0386. The lowest BCUT2D eigenvalue weighted by molar-refractivity contribution is -0.0633. The Hall–Kier alpha value is -1.16. The van der Waals surface area contributed by atoms with Crippen LogP contribution in [0.5, 0.6) is 0 Å². The van der Waals surface area contributed by atoms with Gasteiger partial charge in [-0.3, -0.25) is 0 Å². The Kier molecular flexibility index (Phi) is 17.0. The quantitative estimate of drug-likeness (QED) is 0.183. The number of ether oxygens (including phenoxy) is 3. The molecule has 3 nitrogen and oxygen atoms in total. The minimum atomic E-state index is -0.0386. The molecule has 1 rings (SSSR count). The van der Waals surface area contributed by atoms with Crippen LogP contribution in [0.4, 0.5) is 0 Å². The number of rotatable bonds is 20. The van der Waals surface area contributed by atoms with Crippen molar-refractivity contribution in [1.29, 1.82) is 0 Å². The molecule has 0 aromatic heterocycles. The van der Waals surface area contributed by atoms with Gasteiger partial charge in [-0.25, -0.2) is 0 Å². The first-order valence-corrected chi connectivity index (χ1v) is 11.3. The molecule has 0 spiro atoms. The molecule has 1 aromatic rings. The highest BCUT2D eigenvalue weighted by molar-refractivity contribution is 5.13. The van der Waals surface area contributed by atoms with E-state index in [1.807, 2.05) is 18.2 Å². The van der Waals surface area contributed by atoms with Crippen molar-refractivity contribution >= 4 is 0 Å². The third kappa shape index (κ3) is 14.8. The van der Waals surface area contributed by atoms with Crippen molar-refractivity contribution in [2.24, 2.45) is 0 Å². The summed E-state index contributed by atoms with van der Waals surface area (Å²) in [5.41, 5.74) is 1.17. The standard InChI is InChI=1S/C25H42O3/c1-3-5-6-7-8-9-10-11-12-16-20-27-23-25(22-26-19-4-2)28-21-24-17-14-13-15-18-24/h4,13-15,17-18,25H,2-3,5-12,16,19-23H2,1H3/t25-/m1/s1. The predicted octanol–water partition coefficient (Wildman–Crippen LogP) is 6.71. The van der Waals surface area contributed by atoms with Gasteiger partial charge >= 0.3 is 0 Å². The smallest absolute Gasteiger partial charge is 0.105 e. The molecule has 1 aromatic carbocycles. The van der Waals surface area contributed by atoms with E-state index in [0.29, 0.717) is 26.4 Å². The van der Waals surface area contributed by atoms with Gasteiger partial charge in [0.15, 0.2) is 0 Å². The van der Waals surface area contributed by atoms with Crippen molar-refractivity contribution in [2.45, 2.75) is 83.8 Å². The molecule has 1 atom stereocenters. The maximum absolute atomic E-state index is 5.99. The van der Waals surface area contributed by atoms with E-state index < -0.39 is 0 Å². The zero-order valence-corrected chi connectivity index (χ0v) is 18.1. The van der Waals surface area contributed by atoms with Crippen LogP contribution in [0.15, 0.2) is 43.0 Å². The summed E-state index contributed by atoms with van der Waals surface area (Å²) in [4.78, 5) is 0. The molecule has 0 unspecified atom stereocenters. The van der Waals surface area contributed by atoms with E-state index in [4.69, 9.17) is 14.2 Å². The molecule has 0 aliphatic carbocycles. The van der Waals surface area contributed by atoms with Gasteiger partial charge in [-0.1, -0.05) is 101 Å². The summed E-state index contributed by atoms with van der Waals surface area (Å²) in [7, 11) is 0. The van der Waals surface area contributed by atoms with Gasteiger partial charge in [0.25, 0.3) is 0 Å². The molecule has 0 N–H and O–H groups in total. The van der Waals surface area contributed by atoms with Gasteiger partial charge in [0, 0.05) is 6.61 Å². The summed E-state index contributed by atoms with van der Waals surface area (Å²) in [6.07, 6.45) is 15.2. The zero-order chi connectivity index (χ0) is 20.1. The Morgan fingerprint density at radius 1 is 0.821 bits per heavy atom. The van der Waals surface area contributed by atoms with Crippen LogP contribution < -0.4 is 0 Å². The van der Waals surface area contributed by atoms with Crippen LogP contribution >= 0.6 is 0 Å². The van der Waals surface area contributed by atoms with Gasteiger partial charge in [-0.2, -0.15) is 0 Å². The molecule has 160 valence electrons. The monoisotopic (exact) mass is 390 g/mol. The number of hydrogen-bond donors (Lipinski definition) is 0. The average molecular weight is 391 g/mol. The van der Waals surface area contributed by atoms with Gasteiger partial charge in [0.05, 0.1) is 26.4 Å². The summed E-state index contributed by atoms with van der Waals surface area (Å²) in [6, 6.07) is 10.2. The highest BCUT2D eigenvalue weighted by Gasteiger charge is 2.10. The fourth-order valence-corrected chi connectivity index (χ4v) is 3.12. The maximum atomic E-state index is 5.99. The molecule has 0 amide bonds. The van der Waals surface area contributed by atoms with Gasteiger partial charge in [-0.05, 0) is 12.0 Å². The van der Waals surface area contributed by atoms with E-state index in [0.717, 1.165) is 13.0 Å². The van der Waals surface area contributed by atoms with Crippen LogP contribution in [0.3, 0.4) is 0 Å². The van der Waals surface area contributed by atoms with Gasteiger partial charge in [0.2, 0.25) is 0 Å². The van der Waals surface area contributed by atoms with Crippen LogP contribution in [0.1, 0.15) is 76.7 Å². The first kappa shape index (κ1) is 24.9. The Labute approximate surface area is 173 Å². The van der Waals surface area contributed by atoms with Gasteiger partial charge in [0.1, 0.15) is 6.10 Å². The normalized spacial score (nSPS) is 12.2. The van der Waals surface area contributed by atoms with Crippen LogP contribution in [0.2, 0.25) is 0 Å². The van der Waals surface area contributed by atoms with E-state index in [9.17, 15) is 0 Å². The highest BCUT2D eigenvalue weighted by atomic mass is 16.6. The first-order valence-electron chi connectivity index (χ1n) is 11.3.